The van der Waals surface area contributed by atoms with Crippen LogP contribution in [-0.4, -0.2) is 387 Å². The third kappa shape index (κ3) is 39.8. The summed E-state index contributed by atoms with van der Waals surface area (Å²) < 4.78 is 88.7. The molecule has 0 aromatic heterocycles. The number of aliphatic hydroxyl groups is 9. The van der Waals surface area contributed by atoms with Crippen molar-refractivity contribution in [2.45, 2.75) is 183 Å². The molecule has 3 fully saturated rings. The molecule has 3 heterocycles. The standard InChI is InChI=1S/C65H119N8O34PS/c1-40(77)69-51-57(86)54(83)45(37-74)105-62(51)101-33-29-93-16-12-66-48(80)9-7-43(60(89)67-13-17-94-30-34-102-63-52(70-41(2)78)58(87)55(84)46(38-75)106-63)72-49(81)10-8-44(61(90)68-14-18-95-31-35-103-64-53(71-42(3)79)59(88)56(85)47(39-76)107-64)73-50(82)11-15-92-19-20-96-21-22-97-23-24-98-25-26-99-27-28-100-32-36-104-108(91,109)65(4,5)6/h43-47,51-59,62-64,74-76,83-88H,7-39H2,1-6H3,(H,66,80)(H,67,89)(H,68,90)(H,69,77)(H,70,78)(H,71,79)(H,72,81)(H,73,82)(H,91,109)/p-1. The first-order valence-electron chi connectivity index (χ1n) is 36.1. The summed E-state index contributed by atoms with van der Waals surface area (Å²) in [5, 5.41) is 111. The maximum Gasteiger partial charge on any atom is 0.242 e. The highest BCUT2D eigenvalue weighted by Gasteiger charge is 2.48. The summed E-state index contributed by atoms with van der Waals surface area (Å²) in [5.74, 6) is -5.13. The summed E-state index contributed by atoms with van der Waals surface area (Å²) in [7, 11) is 0. The summed E-state index contributed by atoms with van der Waals surface area (Å²) in [4.78, 5) is 116. The Morgan fingerprint density at radius 1 is 0.394 bits per heavy atom. The van der Waals surface area contributed by atoms with Gasteiger partial charge in [-0.2, -0.15) is 0 Å². The van der Waals surface area contributed by atoms with Crippen molar-refractivity contribution >= 4 is 65.6 Å². The largest absolute Gasteiger partial charge is 0.800 e. The minimum Gasteiger partial charge on any atom is -0.800 e. The Balaban J connectivity index is 1.57. The first kappa shape index (κ1) is 98.6. The maximum atomic E-state index is 13.8. The van der Waals surface area contributed by atoms with Crippen molar-refractivity contribution < 1.29 is 165 Å². The molecular formula is C65H118N8O34PS-. The van der Waals surface area contributed by atoms with Crippen LogP contribution in [0.2, 0.25) is 0 Å². The van der Waals surface area contributed by atoms with E-state index in [1.165, 1.54) is 20.8 Å². The molecule has 44 heteroatoms. The molecule has 3 rings (SSSR count). The maximum absolute atomic E-state index is 13.8. The second kappa shape index (κ2) is 55.8. The SMILES string of the molecule is CC(=O)NC1C(OCCOCCNC(=O)CCC(NC(=O)CCC(NC(=O)CCOCCOCCOCCOCCOCCOCCOP([O-])(=S)C(C)(C)C)C(=O)NCCOCCOC2OC(CO)C(O)C(O)C2NC(C)=O)C(=O)NCCOCCOC2OC(CO)C(O)C(O)C2NC(C)=O)OC(CO)C(O)C1O. The third-order valence-electron chi connectivity index (χ3n) is 16.2. The molecule has 18 unspecified atom stereocenters. The molecule has 0 aromatic rings. The van der Waals surface area contributed by atoms with Gasteiger partial charge in [0.05, 0.1) is 165 Å². The van der Waals surface area contributed by atoms with E-state index in [0.717, 1.165) is 0 Å². The zero-order chi connectivity index (χ0) is 80.7. The van der Waals surface area contributed by atoms with Gasteiger partial charge >= 0.3 is 0 Å². The Hall–Kier alpha value is -4.63. The van der Waals surface area contributed by atoms with Crippen LogP contribution in [0.1, 0.15) is 73.6 Å². The lowest BCUT2D eigenvalue weighted by atomic mass is 9.97. The van der Waals surface area contributed by atoms with Crippen molar-refractivity contribution in [2.24, 2.45) is 0 Å². The summed E-state index contributed by atoms with van der Waals surface area (Å²) in [5.41, 5.74) is 0. The molecule has 0 saturated carbocycles. The van der Waals surface area contributed by atoms with Gasteiger partial charge in [-0.1, -0.05) is 32.6 Å². The highest BCUT2D eigenvalue weighted by molar-refractivity contribution is 8.09. The molecule has 3 aliphatic rings. The fourth-order valence-electron chi connectivity index (χ4n) is 10.3. The summed E-state index contributed by atoms with van der Waals surface area (Å²) in [6.45, 7) is 5.23. The lowest BCUT2D eigenvalue weighted by Crippen LogP contribution is -2.64. The van der Waals surface area contributed by atoms with E-state index in [1.807, 2.05) is 0 Å². The van der Waals surface area contributed by atoms with Gasteiger partial charge in [0.25, 0.3) is 0 Å². The number of aliphatic hydroxyl groups excluding tert-OH is 9. The summed E-state index contributed by atoms with van der Waals surface area (Å²) in [6.07, 6.45) is -18.3. The Bertz CT molecular complexity index is 2660. The Kier molecular flexibility index (Phi) is 50.4. The Morgan fingerprint density at radius 3 is 0.982 bits per heavy atom. The molecule has 3 saturated heterocycles. The number of hydrogen-bond donors (Lipinski definition) is 17. The van der Waals surface area contributed by atoms with Gasteiger partial charge in [-0.05, 0) is 19.3 Å². The quantitative estimate of drug-likeness (QED) is 0.0199. The summed E-state index contributed by atoms with van der Waals surface area (Å²) >= 11 is 5.08. The molecule has 3 aliphatic heterocycles. The molecule has 0 aliphatic carbocycles. The predicted molar refractivity (Wildman–Crippen MR) is 377 cm³/mol. The molecule has 0 bridgehead atoms. The van der Waals surface area contributed by atoms with E-state index in [9.17, 15) is 89.2 Å². The van der Waals surface area contributed by atoms with Crippen LogP contribution in [0.25, 0.3) is 0 Å². The number of rotatable bonds is 59. The molecule has 8 amide bonds. The second-order valence-corrected chi connectivity index (χ2v) is 30.0. The monoisotopic (exact) mass is 1620 g/mol. The zero-order valence-corrected chi connectivity index (χ0v) is 64.4. The van der Waals surface area contributed by atoms with Crippen molar-refractivity contribution in [3.05, 3.63) is 0 Å². The van der Waals surface area contributed by atoms with E-state index in [1.54, 1.807) is 20.8 Å². The average molecular weight is 1620 g/mol. The fourth-order valence-corrected chi connectivity index (χ4v) is 11.2. The lowest BCUT2D eigenvalue weighted by Gasteiger charge is -2.42. The first-order valence-corrected chi connectivity index (χ1v) is 38.7. The van der Waals surface area contributed by atoms with Crippen molar-refractivity contribution in [1.82, 2.24) is 42.5 Å². The number of amides is 8. The van der Waals surface area contributed by atoms with Gasteiger partial charge in [0.15, 0.2) is 18.9 Å². The van der Waals surface area contributed by atoms with Gasteiger partial charge in [-0.25, -0.2) is 0 Å². The molecule has 0 aromatic carbocycles. The predicted octanol–water partition coefficient (Wildman–Crippen LogP) is -9.23. The van der Waals surface area contributed by atoms with Crippen LogP contribution < -0.4 is 47.4 Å². The molecule has 18 atom stereocenters. The zero-order valence-electron chi connectivity index (χ0n) is 62.7. The molecule has 634 valence electrons. The average Bonchev–Trinajstić information content (AvgIpc) is 0.815. The van der Waals surface area contributed by atoms with Crippen LogP contribution in [0.5, 0.6) is 0 Å². The van der Waals surface area contributed by atoms with Crippen LogP contribution >= 0.6 is 6.49 Å². The van der Waals surface area contributed by atoms with Gasteiger partial charge < -0.3 is 169 Å². The Labute approximate surface area is 638 Å². The summed E-state index contributed by atoms with van der Waals surface area (Å²) in [6, 6.07) is -6.29. The van der Waals surface area contributed by atoms with Gasteiger partial charge in [-0.15, -0.1) is 0 Å². The van der Waals surface area contributed by atoms with E-state index in [-0.39, 0.29) is 151 Å². The highest BCUT2D eigenvalue weighted by Crippen LogP contribution is 2.51. The van der Waals surface area contributed by atoms with Crippen LogP contribution in [-0.2, 0) is 126 Å². The topological polar surface area (TPSA) is 586 Å². The lowest BCUT2D eigenvalue weighted by molar-refractivity contribution is -0.272. The van der Waals surface area contributed by atoms with Crippen molar-refractivity contribution in [1.29, 1.82) is 0 Å². The van der Waals surface area contributed by atoms with Crippen LogP contribution in [0.15, 0.2) is 0 Å². The molecule has 0 radical (unpaired) electrons. The van der Waals surface area contributed by atoms with Crippen molar-refractivity contribution in [3.8, 4) is 0 Å². The second-order valence-electron chi connectivity index (χ2n) is 25.9. The molecule has 42 nitrogen and oxygen atoms in total. The molecular weight excluding hydrogens is 1500 g/mol. The van der Waals surface area contributed by atoms with Gasteiger partial charge in [0, 0.05) is 64.8 Å². The minimum atomic E-state index is -3.17. The van der Waals surface area contributed by atoms with E-state index >= 15 is 0 Å². The minimum absolute atomic E-state index is 0.0352. The highest BCUT2D eigenvalue weighted by atomic mass is 32.5. The van der Waals surface area contributed by atoms with E-state index in [2.05, 4.69) is 42.5 Å². The van der Waals surface area contributed by atoms with Crippen LogP contribution in [0.3, 0.4) is 0 Å². The number of hydrogen-bond acceptors (Lipinski definition) is 35. The van der Waals surface area contributed by atoms with E-state index in [0.29, 0.717) is 39.6 Å². The Morgan fingerprint density at radius 2 is 0.670 bits per heavy atom. The van der Waals surface area contributed by atoms with Gasteiger partial charge in [0.2, 0.25) is 47.3 Å². The van der Waals surface area contributed by atoms with Crippen molar-refractivity contribution in [3.63, 3.8) is 0 Å². The first-order chi connectivity index (χ1) is 52.0. The van der Waals surface area contributed by atoms with Crippen LogP contribution in [0.4, 0.5) is 0 Å². The number of carbonyl (C=O) groups excluding carboxylic acids is 8. The number of nitrogens with one attached hydrogen (secondary N) is 8. The number of carbonyl (C=O) groups is 8. The van der Waals surface area contributed by atoms with Crippen molar-refractivity contribution in [2.75, 3.05) is 185 Å². The van der Waals surface area contributed by atoms with E-state index < -0.39 is 189 Å². The van der Waals surface area contributed by atoms with E-state index in [4.69, 9.17) is 87.4 Å². The normalized spacial score (nSPS) is 25.4. The molecule has 0 spiro atoms. The fraction of sp³-hybridized carbons (Fsp3) is 0.877. The smallest absolute Gasteiger partial charge is 0.242 e. The third-order valence-corrected chi connectivity index (χ3v) is 20.3. The number of ether oxygens (including phenoxy) is 15. The molecule has 17 N–H and O–H groups in total. The van der Waals surface area contributed by atoms with Gasteiger partial charge in [0.1, 0.15) is 85.1 Å². The van der Waals surface area contributed by atoms with Gasteiger partial charge in [-0.3, -0.25) is 38.4 Å². The van der Waals surface area contributed by atoms with Crippen LogP contribution in [0, 0.1) is 0 Å². The molecule has 109 heavy (non-hydrogen) atoms.